The molecule has 1 aromatic heterocycles. The number of aryl methyl sites for hydroxylation is 1. The molecule has 0 aliphatic rings. The fraction of sp³-hybridized carbons (Fsp3) is 0.118. The summed E-state index contributed by atoms with van der Waals surface area (Å²) >= 11 is 3.55. The van der Waals surface area contributed by atoms with Gasteiger partial charge in [0.25, 0.3) is 0 Å². The number of nitrogens with zero attached hydrogens (tertiary/aromatic N) is 1. The van der Waals surface area contributed by atoms with Gasteiger partial charge in [0.1, 0.15) is 0 Å². The number of rotatable bonds is 3. The van der Waals surface area contributed by atoms with Crippen molar-refractivity contribution >= 4 is 26.7 Å². The zero-order valence-electron chi connectivity index (χ0n) is 11.7. The summed E-state index contributed by atoms with van der Waals surface area (Å²) in [5, 5.41) is 2.27. The Morgan fingerprint density at radius 1 is 1.19 bits per heavy atom. The van der Waals surface area contributed by atoms with Gasteiger partial charge in [0, 0.05) is 22.3 Å². The van der Waals surface area contributed by atoms with E-state index in [1.807, 2.05) is 18.3 Å². The van der Waals surface area contributed by atoms with E-state index >= 15 is 0 Å². The van der Waals surface area contributed by atoms with Gasteiger partial charge in [-0.1, -0.05) is 40.2 Å². The number of benzene rings is 2. The van der Waals surface area contributed by atoms with Crippen LogP contribution < -0.4 is 11.3 Å². The molecule has 3 rings (SSSR count). The number of nitrogens with two attached hydrogens (primary N) is 1. The molecule has 4 heteroatoms. The summed E-state index contributed by atoms with van der Waals surface area (Å²) < 4.78 is 1.05. The Hall–Kier alpha value is -1.75. The standard InChI is InChI=1S/C17H16BrN3/c1-11-7-13(9-14(18)8-11)17(21-19)15-4-2-3-12-5-6-20-10-16(12)15/h2-10,17,21H,19H2,1H3. The highest BCUT2D eigenvalue weighted by Crippen LogP contribution is 2.30. The molecule has 3 N–H and O–H groups in total. The first-order valence-electron chi connectivity index (χ1n) is 6.75. The van der Waals surface area contributed by atoms with Crippen LogP contribution in [0.1, 0.15) is 22.7 Å². The lowest BCUT2D eigenvalue weighted by atomic mass is 9.94. The largest absolute Gasteiger partial charge is 0.271 e. The number of fused-ring (bicyclic) bond motifs is 1. The van der Waals surface area contributed by atoms with Crippen LogP contribution in [0, 0.1) is 6.92 Å². The minimum absolute atomic E-state index is 0.0749. The first kappa shape index (κ1) is 14.2. The van der Waals surface area contributed by atoms with Crippen molar-refractivity contribution < 1.29 is 0 Å². The van der Waals surface area contributed by atoms with Crippen LogP contribution in [0.4, 0.5) is 0 Å². The Morgan fingerprint density at radius 2 is 2.05 bits per heavy atom. The Bertz CT molecular complexity index is 760. The highest BCUT2D eigenvalue weighted by atomic mass is 79.9. The van der Waals surface area contributed by atoms with E-state index in [9.17, 15) is 0 Å². The van der Waals surface area contributed by atoms with Crippen LogP contribution in [0.25, 0.3) is 10.8 Å². The topological polar surface area (TPSA) is 50.9 Å². The summed E-state index contributed by atoms with van der Waals surface area (Å²) in [4.78, 5) is 4.24. The summed E-state index contributed by atoms with van der Waals surface area (Å²) in [6.07, 6.45) is 3.69. The van der Waals surface area contributed by atoms with Crippen molar-refractivity contribution in [1.82, 2.24) is 10.4 Å². The molecule has 2 aromatic carbocycles. The third kappa shape index (κ3) is 2.83. The molecule has 3 nitrogen and oxygen atoms in total. The lowest BCUT2D eigenvalue weighted by molar-refractivity contribution is 0.640. The molecule has 1 heterocycles. The van der Waals surface area contributed by atoms with Gasteiger partial charge in [-0.3, -0.25) is 10.8 Å². The van der Waals surface area contributed by atoms with Crippen molar-refractivity contribution in [1.29, 1.82) is 0 Å². The molecule has 0 radical (unpaired) electrons. The van der Waals surface area contributed by atoms with Gasteiger partial charge in [-0.05, 0) is 47.2 Å². The fourth-order valence-electron chi connectivity index (χ4n) is 2.69. The number of pyridine rings is 1. The van der Waals surface area contributed by atoms with Crippen LogP contribution in [0.2, 0.25) is 0 Å². The smallest absolute Gasteiger partial charge is 0.0717 e. The van der Waals surface area contributed by atoms with Gasteiger partial charge in [0.15, 0.2) is 0 Å². The summed E-state index contributed by atoms with van der Waals surface area (Å²) in [6.45, 7) is 2.08. The number of hydrazine groups is 1. The lowest BCUT2D eigenvalue weighted by Gasteiger charge is -2.19. The predicted octanol–water partition coefficient (Wildman–Crippen LogP) is 3.86. The number of halogens is 1. The van der Waals surface area contributed by atoms with E-state index in [-0.39, 0.29) is 6.04 Å². The van der Waals surface area contributed by atoms with Crippen LogP contribution >= 0.6 is 15.9 Å². The Labute approximate surface area is 132 Å². The Kier molecular flexibility index (Phi) is 4.01. The molecule has 0 saturated heterocycles. The van der Waals surface area contributed by atoms with Crippen molar-refractivity contribution in [3.8, 4) is 0 Å². The SMILES string of the molecule is Cc1cc(Br)cc(C(NN)c2cccc3ccncc23)c1. The minimum atomic E-state index is -0.0749. The molecule has 0 aliphatic carbocycles. The molecule has 1 atom stereocenters. The van der Waals surface area contributed by atoms with Crippen molar-refractivity contribution in [3.63, 3.8) is 0 Å². The zero-order valence-corrected chi connectivity index (χ0v) is 13.3. The lowest BCUT2D eigenvalue weighted by Crippen LogP contribution is -2.29. The Morgan fingerprint density at radius 3 is 2.81 bits per heavy atom. The fourth-order valence-corrected chi connectivity index (χ4v) is 3.31. The van der Waals surface area contributed by atoms with Gasteiger partial charge in [-0.25, -0.2) is 5.43 Å². The monoisotopic (exact) mass is 341 g/mol. The normalized spacial score (nSPS) is 12.5. The second-order valence-corrected chi connectivity index (χ2v) is 6.02. The maximum atomic E-state index is 5.84. The van der Waals surface area contributed by atoms with Gasteiger partial charge in [0.2, 0.25) is 0 Å². The Balaban J connectivity index is 2.18. The van der Waals surface area contributed by atoms with Crippen LogP contribution in [0.15, 0.2) is 59.3 Å². The molecule has 0 amide bonds. The average molecular weight is 342 g/mol. The maximum Gasteiger partial charge on any atom is 0.0717 e. The molecular formula is C17H16BrN3. The molecule has 0 bridgehead atoms. The molecule has 21 heavy (non-hydrogen) atoms. The second kappa shape index (κ2) is 5.93. The quantitative estimate of drug-likeness (QED) is 0.561. The van der Waals surface area contributed by atoms with Gasteiger partial charge >= 0.3 is 0 Å². The average Bonchev–Trinajstić information content (AvgIpc) is 2.47. The van der Waals surface area contributed by atoms with E-state index in [0.29, 0.717) is 0 Å². The first-order chi connectivity index (χ1) is 10.2. The van der Waals surface area contributed by atoms with Crippen LogP contribution in [-0.2, 0) is 0 Å². The summed E-state index contributed by atoms with van der Waals surface area (Å²) in [6, 6.07) is 14.5. The van der Waals surface area contributed by atoms with Crippen LogP contribution in [0.5, 0.6) is 0 Å². The van der Waals surface area contributed by atoms with E-state index in [1.165, 1.54) is 5.56 Å². The van der Waals surface area contributed by atoms with E-state index < -0.39 is 0 Å². The molecule has 0 fully saturated rings. The van der Waals surface area contributed by atoms with Crippen molar-refractivity contribution in [2.45, 2.75) is 13.0 Å². The van der Waals surface area contributed by atoms with E-state index in [0.717, 1.165) is 26.4 Å². The third-order valence-corrected chi connectivity index (χ3v) is 4.05. The molecular weight excluding hydrogens is 326 g/mol. The second-order valence-electron chi connectivity index (χ2n) is 5.11. The summed E-state index contributed by atoms with van der Waals surface area (Å²) in [7, 11) is 0. The molecule has 3 aromatic rings. The van der Waals surface area contributed by atoms with E-state index in [4.69, 9.17) is 5.84 Å². The van der Waals surface area contributed by atoms with Crippen LogP contribution in [-0.4, -0.2) is 4.98 Å². The molecule has 1 unspecified atom stereocenters. The van der Waals surface area contributed by atoms with E-state index in [2.05, 4.69) is 63.6 Å². The minimum Gasteiger partial charge on any atom is -0.271 e. The molecule has 0 saturated carbocycles. The third-order valence-electron chi connectivity index (χ3n) is 3.59. The summed E-state index contributed by atoms with van der Waals surface area (Å²) in [5.74, 6) is 5.84. The van der Waals surface area contributed by atoms with Gasteiger partial charge < -0.3 is 0 Å². The molecule has 0 aliphatic heterocycles. The summed E-state index contributed by atoms with van der Waals surface area (Å²) in [5.41, 5.74) is 6.38. The number of hydrogen-bond donors (Lipinski definition) is 2. The first-order valence-corrected chi connectivity index (χ1v) is 7.54. The zero-order chi connectivity index (χ0) is 14.8. The van der Waals surface area contributed by atoms with Crippen LogP contribution in [0.3, 0.4) is 0 Å². The van der Waals surface area contributed by atoms with Gasteiger partial charge in [-0.2, -0.15) is 0 Å². The van der Waals surface area contributed by atoms with Crippen molar-refractivity contribution in [2.75, 3.05) is 0 Å². The maximum absolute atomic E-state index is 5.84. The van der Waals surface area contributed by atoms with Crippen molar-refractivity contribution in [3.05, 3.63) is 76.0 Å². The van der Waals surface area contributed by atoms with E-state index in [1.54, 1.807) is 6.20 Å². The number of hydrogen-bond acceptors (Lipinski definition) is 3. The molecule has 106 valence electrons. The van der Waals surface area contributed by atoms with Gasteiger partial charge in [0.05, 0.1) is 6.04 Å². The van der Waals surface area contributed by atoms with Crippen molar-refractivity contribution in [2.24, 2.45) is 5.84 Å². The van der Waals surface area contributed by atoms with Gasteiger partial charge in [-0.15, -0.1) is 0 Å². The number of aromatic nitrogens is 1. The predicted molar refractivity (Wildman–Crippen MR) is 89.8 cm³/mol. The highest BCUT2D eigenvalue weighted by Gasteiger charge is 2.16. The molecule has 0 spiro atoms. The number of nitrogens with one attached hydrogen (secondary N) is 1. The highest BCUT2D eigenvalue weighted by molar-refractivity contribution is 9.10.